The standard InChI is InChI=1S/C26H27N3O3/c1-2-3-13-25(30)28-23-16-14-21(15-17-23)26(31)29-27-18-22-11-7-8-12-24(22)32-19-20-9-5-4-6-10-20/h4-12,14-18H,2-3,13,19H2,1H3,(H,28,30)(H,29,31). The van der Waals surface area contributed by atoms with Crippen LogP contribution in [0.25, 0.3) is 0 Å². The zero-order valence-corrected chi connectivity index (χ0v) is 18.1. The Balaban J connectivity index is 1.54. The SMILES string of the molecule is CCCCC(=O)Nc1ccc(C(=O)NN=Cc2ccccc2OCc2ccccc2)cc1. The van der Waals surface area contributed by atoms with Gasteiger partial charge in [0.15, 0.2) is 0 Å². The highest BCUT2D eigenvalue weighted by atomic mass is 16.5. The molecule has 0 aliphatic rings. The van der Waals surface area contributed by atoms with Gasteiger partial charge in [0.25, 0.3) is 5.91 Å². The number of anilines is 1. The molecule has 32 heavy (non-hydrogen) atoms. The number of unbranched alkanes of at least 4 members (excludes halogenated alkanes) is 1. The minimum absolute atomic E-state index is 0.0261. The van der Waals surface area contributed by atoms with Crippen LogP contribution in [0.2, 0.25) is 0 Å². The van der Waals surface area contributed by atoms with E-state index in [1.807, 2.05) is 61.5 Å². The predicted molar refractivity (Wildman–Crippen MR) is 127 cm³/mol. The van der Waals surface area contributed by atoms with Crippen molar-refractivity contribution in [3.8, 4) is 5.75 Å². The number of nitrogens with one attached hydrogen (secondary N) is 2. The van der Waals surface area contributed by atoms with Crippen molar-refractivity contribution in [3.63, 3.8) is 0 Å². The van der Waals surface area contributed by atoms with Gasteiger partial charge in [-0.1, -0.05) is 55.8 Å². The Kier molecular flexibility index (Phi) is 8.57. The molecule has 3 aromatic rings. The molecule has 0 fully saturated rings. The lowest BCUT2D eigenvalue weighted by atomic mass is 10.2. The van der Waals surface area contributed by atoms with E-state index in [9.17, 15) is 9.59 Å². The van der Waals surface area contributed by atoms with Crippen LogP contribution in [0.5, 0.6) is 5.75 Å². The van der Waals surface area contributed by atoms with Crippen LogP contribution in [0.1, 0.15) is 47.7 Å². The highest BCUT2D eigenvalue weighted by Gasteiger charge is 2.06. The monoisotopic (exact) mass is 429 g/mol. The number of nitrogens with zero attached hydrogens (tertiary/aromatic N) is 1. The third kappa shape index (κ3) is 7.09. The molecule has 0 spiro atoms. The van der Waals surface area contributed by atoms with Gasteiger partial charge in [0.05, 0.1) is 6.21 Å². The summed E-state index contributed by atoms with van der Waals surface area (Å²) < 4.78 is 5.90. The Morgan fingerprint density at radius 1 is 0.938 bits per heavy atom. The molecule has 0 atom stereocenters. The fourth-order valence-electron chi connectivity index (χ4n) is 2.94. The minimum Gasteiger partial charge on any atom is -0.488 e. The maximum absolute atomic E-state index is 12.4. The van der Waals surface area contributed by atoms with Crippen LogP contribution in [0.4, 0.5) is 5.69 Å². The fourth-order valence-corrected chi connectivity index (χ4v) is 2.94. The van der Waals surface area contributed by atoms with Gasteiger partial charge in [-0.25, -0.2) is 5.43 Å². The molecular formula is C26H27N3O3. The summed E-state index contributed by atoms with van der Waals surface area (Å²) >= 11 is 0. The van der Waals surface area contributed by atoms with Gasteiger partial charge < -0.3 is 10.1 Å². The molecule has 2 N–H and O–H groups in total. The second-order valence-corrected chi connectivity index (χ2v) is 7.24. The molecule has 0 bridgehead atoms. The zero-order chi connectivity index (χ0) is 22.6. The first-order chi connectivity index (χ1) is 15.7. The van der Waals surface area contributed by atoms with E-state index < -0.39 is 0 Å². The van der Waals surface area contributed by atoms with E-state index in [1.165, 1.54) is 0 Å². The lowest BCUT2D eigenvalue weighted by Crippen LogP contribution is -2.18. The molecular weight excluding hydrogens is 402 g/mol. The number of benzene rings is 3. The number of carbonyl (C=O) groups is 2. The van der Waals surface area contributed by atoms with Crippen molar-refractivity contribution >= 4 is 23.7 Å². The molecule has 6 heteroatoms. The van der Waals surface area contributed by atoms with E-state index in [2.05, 4.69) is 15.8 Å². The topological polar surface area (TPSA) is 79.8 Å². The quantitative estimate of drug-likeness (QED) is 0.345. The summed E-state index contributed by atoms with van der Waals surface area (Å²) in [5.41, 5.74) is 5.46. The third-order valence-corrected chi connectivity index (χ3v) is 4.71. The van der Waals surface area contributed by atoms with Crippen molar-refractivity contribution in [2.45, 2.75) is 32.8 Å². The average Bonchev–Trinajstić information content (AvgIpc) is 2.83. The van der Waals surface area contributed by atoms with Crippen molar-refractivity contribution in [1.82, 2.24) is 5.43 Å². The predicted octanol–water partition coefficient (Wildman–Crippen LogP) is 5.16. The number of para-hydroxylation sites is 1. The fraction of sp³-hybridized carbons (Fsp3) is 0.192. The summed E-state index contributed by atoms with van der Waals surface area (Å²) in [7, 11) is 0. The van der Waals surface area contributed by atoms with Crippen molar-refractivity contribution < 1.29 is 14.3 Å². The first kappa shape index (κ1) is 22.7. The number of ether oxygens (including phenoxy) is 1. The van der Waals surface area contributed by atoms with Gasteiger partial charge in [0.1, 0.15) is 12.4 Å². The van der Waals surface area contributed by atoms with Crippen molar-refractivity contribution in [2.24, 2.45) is 5.10 Å². The lowest BCUT2D eigenvalue weighted by Gasteiger charge is -2.09. The van der Waals surface area contributed by atoms with Crippen LogP contribution < -0.4 is 15.5 Å². The maximum Gasteiger partial charge on any atom is 0.271 e. The maximum atomic E-state index is 12.4. The van der Waals surface area contributed by atoms with Gasteiger partial charge in [0.2, 0.25) is 5.91 Å². The normalized spacial score (nSPS) is 10.7. The van der Waals surface area contributed by atoms with E-state index in [0.717, 1.165) is 24.0 Å². The van der Waals surface area contributed by atoms with Gasteiger partial charge in [-0.05, 0) is 48.4 Å². The number of amides is 2. The Labute approximate surface area is 188 Å². The number of hydrogen-bond donors (Lipinski definition) is 2. The molecule has 3 aromatic carbocycles. The van der Waals surface area contributed by atoms with Crippen LogP contribution in [-0.2, 0) is 11.4 Å². The van der Waals surface area contributed by atoms with Gasteiger partial charge in [-0.15, -0.1) is 0 Å². The first-order valence-electron chi connectivity index (χ1n) is 10.6. The molecule has 0 aliphatic heterocycles. The summed E-state index contributed by atoms with van der Waals surface area (Å²) in [6, 6.07) is 24.1. The van der Waals surface area contributed by atoms with Gasteiger partial charge in [-0.3, -0.25) is 9.59 Å². The second-order valence-electron chi connectivity index (χ2n) is 7.24. The number of hydrazone groups is 1. The number of hydrogen-bond acceptors (Lipinski definition) is 4. The second kappa shape index (κ2) is 12.1. The molecule has 0 saturated heterocycles. The van der Waals surface area contributed by atoms with Gasteiger partial charge in [-0.2, -0.15) is 5.10 Å². The molecule has 2 amide bonds. The van der Waals surface area contributed by atoms with E-state index >= 15 is 0 Å². The highest BCUT2D eigenvalue weighted by molar-refractivity contribution is 5.96. The van der Waals surface area contributed by atoms with Gasteiger partial charge >= 0.3 is 0 Å². The summed E-state index contributed by atoms with van der Waals surface area (Å²) in [6.07, 6.45) is 3.87. The molecule has 3 rings (SSSR count). The van der Waals surface area contributed by atoms with E-state index in [-0.39, 0.29) is 11.8 Å². The Morgan fingerprint density at radius 2 is 1.66 bits per heavy atom. The number of rotatable bonds is 10. The zero-order valence-electron chi connectivity index (χ0n) is 18.1. The van der Waals surface area contributed by atoms with Crippen molar-refractivity contribution in [1.29, 1.82) is 0 Å². The van der Waals surface area contributed by atoms with Crippen LogP contribution in [-0.4, -0.2) is 18.0 Å². The summed E-state index contributed by atoms with van der Waals surface area (Å²) in [4.78, 5) is 24.2. The molecule has 6 nitrogen and oxygen atoms in total. The van der Waals surface area contributed by atoms with E-state index in [1.54, 1.807) is 30.5 Å². The molecule has 164 valence electrons. The van der Waals surface area contributed by atoms with Gasteiger partial charge in [0, 0.05) is 23.2 Å². The van der Waals surface area contributed by atoms with Crippen molar-refractivity contribution in [2.75, 3.05) is 5.32 Å². The summed E-state index contributed by atoms with van der Waals surface area (Å²) in [5.74, 6) is 0.312. The van der Waals surface area contributed by atoms with E-state index in [0.29, 0.717) is 30.0 Å². The third-order valence-electron chi connectivity index (χ3n) is 4.71. The Morgan fingerprint density at radius 3 is 2.41 bits per heavy atom. The van der Waals surface area contributed by atoms with Crippen molar-refractivity contribution in [3.05, 3.63) is 95.6 Å². The minimum atomic E-state index is -0.340. The van der Waals surface area contributed by atoms with Crippen LogP contribution in [0.3, 0.4) is 0 Å². The van der Waals surface area contributed by atoms with Crippen LogP contribution in [0, 0.1) is 0 Å². The molecule has 0 saturated carbocycles. The molecule has 0 radical (unpaired) electrons. The van der Waals surface area contributed by atoms with E-state index in [4.69, 9.17) is 4.74 Å². The summed E-state index contributed by atoms with van der Waals surface area (Å²) in [6.45, 7) is 2.49. The lowest BCUT2D eigenvalue weighted by molar-refractivity contribution is -0.116. The number of carbonyl (C=O) groups excluding carboxylic acids is 2. The Hall–Kier alpha value is -3.93. The summed E-state index contributed by atoms with van der Waals surface area (Å²) in [5, 5.41) is 6.89. The largest absolute Gasteiger partial charge is 0.488 e. The first-order valence-corrected chi connectivity index (χ1v) is 10.6. The molecule has 0 unspecified atom stereocenters. The molecule has 0 aliphatic carbocycles. The average molecular weight is 430 g/mol. The van der Waals surface area contributed by atoms with Crippen LogP contribution >= 0.6 is 0 Å². The Bertz CT molecular complexity index is 1050. The molecule has 0 heterocycles. The smallest absolute Gasteiger partial charge is 0.271 e. The molecule has 0 aromatic heterocycles. The highest BCUT2D eigenvalue weighted by Crippen LogP contribution is 2.17. The van der Waals surface area contributed by atoms with Crippen LogP contribution in [0.15, 0.2) is 84.0 Å².